The van der Waals surface area contributed by atoms with E-state index >= 15 is 0 Å². The number of benzene rings is 2. The summed E-state index contributed by atoms with van der Waals surface area (Å²) in [6, 6.07) is 14.0. The lowest BCUT2D eigenvalue weighted by molar-refractivity contribution is 0.232. The van der Waals surface area contributed by atoms with Crippen LogP contribution in [0.3, 0.4) is 0 Å². The third kappa shape index (κ3) is 4.73. The second-order valence-corrected chi connectivity index (χ2v) is 5.62. The highest BCUT2D eigenvalue weighted by Crippen LogP contribution is 2.28. The summed E-state index contributed by atoms with van der Waals surface area (Å²) in [6.07, 6.45) is 1.38. The van der Waals surface area contributed by atoms with Crippen molar-refractivity contribution >= 4 is 6.21 Å². The van der Waals surface area contributed by atoms with E-state index in [0.717, 1.165) is 30.0 Å². The number of hydrogen-bond donors (Lipinski definition) is 1. The van der Waals surface area contributed by atoms with Gasteiger partial charge in [-0.15, -0.1) is 0 Å². The number of nitrogens with zero attached hydrogens (tertiary/aromatic N) is 2. The van der Waals surface area contributed by atoms with Crippen LogP contribution in [0.25, 0.3) is 0 Å². The normalized spacial score (nSPS) is 11.2. The molecule has 0 heterocycles. The number of likely N-dealkylation sites (N-methyl/N-ethyl adjacent to an activating group) is 1. The molecule has 0 bridgehead atoms. The molecule has 0 spiro atoms. The summed E-state index contributed by atoms with van der Waals surface area (Å²) in [4.78, 5) is 2.20. The zero-order chi connectivity index (χ0) is 17.4. The zero-order valence-electron chi connectivity index (χ0n) is 14.4. The summed E-state index contributed by atoms with van der Waals surface area (Å²) in [6.45, 7) is 4.11. The standard InChI is InChI=1S/C19H24N2O3/c1-15-17(13-20-22)19(10-9-18(15)23-3)24-12-11-21(2)14-16-7-5-4-6-8-16/h4-10,13,22H,11-12,14H2,1-3H3/b20-13+. The molecule has 2 aromatic carbocycles. The molecule has 5 nitrogen and oxygen atoms in total. The Hall–Kier alpha value is -2.53. The summed E-state index contributed by atoms with van der Waals surface area (Å²) in [7, 11) is 3.67. The molecule has 2 aromatic rings. The number of methoxy groups -OCH3 is 1. The van der Waals surface area contributed by atoms with Gasteiger partial charge in [-0.2, -0.15) is 0 Å². The minimum atomic E-state index is 0.543. The molecule has 2 rings (SSSR count). The molecular weight excluding hydrogens is 304 g/mol. The maximum absolute atomic E-state index is 8.87. The fourth-order valence-electron chi connectivity index (χ4n) is 2.53. The van der Waals surface area contributed by atoms with E-state index in [4.69, 9.17) is 14.7 Å². The largest absolute Gasteiger partial charge is 0.496 e. The topological polar surface area (TPSA) is 54.3 Å². The Morgan fingerprint density at radius 3 is 2.50 bits per heavy atom. The van der Waals surface area contributed by atoms with Crippen molar-refractivity contribution in [2.24, 2.45) is 5.16 Å². The molecule has 24 heavy (non-hydrogen) atoms. The van der Waals surface area contributed by atoms with Crippen LogP contribution < -0.4 is 9.47 Å². The van der Waals surface area contributed by atoms with Gasteiger partial charge in [-0.1, -0.05) is 35.5 Å². The van der Waals surface area contributed by atoms with Crippen molar-refractivity contribution in [3.8, 4) is 11.5 Å². The number of rotatable bonds is 8. The van der Waals surface area contributed by atoms with E-state index in [1.54, 1.807) is 7.11 Å². The molecule has 0 amide bonds. The fraction of sp³-hybridized carbons (Fsp3) is 0.316. The predicted molar refractivity (Wildman–Crippen MR) is 95.4 cm³/mol. The first-order chi connectivity index (χ1) is 11.7. The average molecular weight is 328 g/mol. The Morgan fingerprint density at radius 1 is 1.12 bits per heavy atom. The SMILES string of the molecule is COc1ccc(OCCN(C)Cc2ccccc2)c(/C=N/O)c1C. The van der Waals surface area contributed by atoms with Crippen LogP contribution in [0.2, 0.25) is 0 Å². The van der Waals surface area contributed by atoms with E-state index < -0.39 is 0 Å². The lowest BCUT2D eigenvalue weighted by Crippen LogP contribution is -2.24. The smallest absolute Gasteiger partial charge is 0.128 e. The number of oxime groups is 1. The van der Waals surface area contributed by atoms with Gasteiger partial charge in [-0.05, 0) is 31.7 Å². The van der Waals surface area contributed by atoms with Gasteiger partial charge in [-0.3, -0.25) is 4.90 Å². The molecule has 0 radical (unpaired) electrons. The molecule has 0 aliphatic heterocycles. The van der Waals surface area contributed by atoms with Crippen LogP contribution in [0.1, 0.15) is 16.7 Å². The highest BCUT2D eigenvalue weighted by molar-refractivity contribution is 5.86. The maximum atomic E-state index is 8.87. The molecule has 0 fully saturated rings. The third-order valence-corrected chi connectivity index (χ3v) is 3.86. The summed E-state index contributed by atoms with van der Waals surface area (Å²) >= 11 is 0. The minimum absolute atomic E-state index is 0.543. The molecule has 0 aliphatic carbocycles. The lowest BCUT2D eigenvalue weighted by atomic mass is 10.1. The highest BCUT2D eigenvalue weighted by atomic mass is 16.5. The van der Waals surface area contributed by atoms with Gasteiger partial charge >= 0.3 is 0 Å². The molecule has 0 aliphatic rings. The van der Waals surface area contributed by atoms with Crippen LogP contribution in [-0.4, -0.2) is 43.6 Å². The third-order valence-electron chi connectivity index (χ3n) is 3.86. The van der Waals surface area contributed by atoms with Crippen molar-refractivity contribution in [3.63, 3.8) is 0 Å². The molecule has 0 aromatic heterocycles. The quantitative estimate of drug-likeness (QED) is 0.459. The fourth-order valence-corrected chi connectivity index (χ4v) is 2.53. The number of hydrogen-bond acceptors (Lipinski definition) is 5. The molecule has 5 heteroatoms. The van der Waals surface area contributed by atoms with Gasteiger partial charge in [0.05, 0.1) is 13.3 Å². The van der Waals surface area contributed by atoms with Gasteiger partial charge in [0.15, 0.2) is 0 Å². The van der Waals surface area contributed by atoms with Crippen molar-refractivity contribution in [1.82, 2.24) is 4.90 Å². The van der Waals surface area contributed by atoms with Gasteiger partial charge in [0, 0.05) is 24.2 Å². The predicted octanol–water partition coefficient (Wildman–Crippen LogP) is 3.32. The van der Waals surface area contributed by atoms with Gasteiger partial charge in [-0.25, -0.2) is 0 Å². The molecule has 0 unspecified atom stereocenters. The molecule has 1 N–H and O–H groups in total. The second kappa shape index (κ2) is 8.93. The van der Waals surface area contributed by atoms with Gasteiger partial charge in [0.2, 0.25) is 0 Å². The summed E-state index contributed by atoms with van der Waals surface area (Å²) in [5.74, 6) is 1.41. The second-order valence-electron chi connectivity index (χ2n) is 5.62. The maximum Gasteiger partial charge on any atom is 0.128 e. The van der Waals surface area contributed by atoms with Crippen LogP contribution in [0.5, 0.6) is 11.5 Å². The van der Waals surface area contributed by atoms with Crippen LogP contribution in [0.4, 0.5) is 0 Å². The molecule has 0 saturated heterocycles. The average Bonchev–Trinajstić information content (AvgIpc) is 2.59. The molecular formula is C19H24N2O3. The van der Waals surface area contributed by atoms with Crippen molar-refractivity contribution in [3.05, 3.63) is 59.2 Å². The first-order valence-electron chi connectivity index (χ1n) is 7.86. The van der Waals surface area contributed by atoms with Crippen LogP contribution >= 0.6 is 0 Å². The molecule has 0 saturated carbocycles. The van der Waals surface area contributed by atoms with Crippen molar-refractivity contribution in [2.45, 2.75) is 13.5 Å². The lowest BCUT2D eigenvalue weighted by Gasteiger charge is -2.18. The van der Waals surface area contributed by atoms with E-state index in [1.807, 2.05) is 37.3 Å². The van der Waals surface area contributed by atoms with Gasteiger partial charge in [0.1, 0.15) is 18.1 Å². The molecule has 0 atom stereocenters. The van der Waals surface area contributed by atoms with E-state index in [1.165, 1.54) is 11.8 Å². The van der Waals surface area contributed by atoms with Crippen molar-refractivity contribution < 1.29 is 14.7 Å². The van der Waals surface area contributed by atoms with Gasteiger partial charge in [0.25, 0.3) is 0 Å². The first kappa shape index (κ1) is 17.8. The Kier molecular flexibility index (Phi) is 6.63. The van der Waals surface area contributed by atoms with E-state index in [2.05, 4.69) is 29.2 Å². The zero-order valence-corrected chi connectivity index (χ0v) is 14.4. The minimum Gasteiger partial charge on any atom is -0.496 e. The highest BCUT2D eigenvalue weighted by Gasteiger charge is 2.11. The van der Waals surface area contributed by atoms with Crippen LogP contribution in [0.15, 0.2) is 47.6 Å². The monoisotopic (exact) mass is 328 g/mol. The van der Waals surface area contributed by atoms with E-state index in [-0.39, 0.29) is 0 Å². The number of ether oxygens (including phenoxy) is 2. The van der Waals surface area contributed by atoms with E-state index in [9.17, 15) is 0 Å². The van der Waals surface area contributed by atoms with E-state index in [0.29, 0.717) is 12.4 Å². The first-order valence-corrected chi connectivity index (χ1v) is 7.86. The Balaban J connectivity index is 1.95. The summed E-state index contributed by atoms with van der Waals surface area (Å²) in [5.41, 5.74) is 2.88. The van der Waals surface area contributed by atoms with Crippen molar-refractivity contribution in [1.29, 1.82) is 0 Å². The Bertz CT molecular complexity index is 672. The van der Waals surface area contributed by atoms with Crippen LogP contribution in [0, 0.1) is 6.92 Å². The summed E-state index contributed by atoms with van der Waals surface area (Å²) in [5, 5.41) is 12.0. The van der Waals surface area contributed by atoms with Crippen molar-refractivity contribution in [2.75, 3.05) is 27.3 Å². The van der Waals surface area contributed by atoms with Crippen LogP contribution in [-0.2, 0) is 6.54 Å². The Morgan fingerprint density at radius 2 is 1.83 bits per heavy atom. The molecule has 128 valence electrons. The van der Waals surface area contributed by atoms with Gasteiger partial charge < -0.3 is 14.7 Å². The summed E-state index contributed by atoms with van der Waals surface area (Å²) < 4.78 is 11.2. The Labute approximate surface area is 143 Å².